The summed E-state index contributed by atoms with van der Waals surface area (Å²) in [6.07, 6.45) is 2.28. The summed E-state index contributed by atoms with van der Waals surface area (Å²) in [4.78, 5) is 4.47. The van der Waals surface area contributed by atoms with Gasteiger partial charge in [0.1, 0.15) is 11.6 Å². The first-order valence-electron chi connectivity index (χ1n) is 6.05. The van der Waals surface area contributed by atoms with Crippen LogP contribution in [-0.2, 0) is 23.8 Å². The summed E-state index contributed by atoms with van der Waals surface area (Å²) in [7, 11) is -0.931. The Morgan fingerprint density at radius 3 is 2.89 bits per heavy atom. The Kier molecular flexibility index (Phi) is 4.58. The number of aryl methyl sites for hydroxylation is 1. The van der Waals surface area contributed by atoms with Crippen LogP contribution >= 0.6 is 11.6 Å². The van der Waals surface area contributed by atoms with Crippen molar-refractivity contribution in [1.29, 1.82) is 0 Å². The molecular formula is C13H16ClFN2OS. The Morgan fingerprint density at radius 2 is 2.26 bits per heavy atom. The Hall–Kier alpha value is -0.940. The molecule has 2 unspecified atom stereocenters. The van der Waals surface area contributed by atoms with Crippen molar-refractivity contribution >= 4 is 33.4 Å². The zero-order valence-electron chi connectivity index (χ0n) is 10.9. The Morgan fingerprint density at radius 1 is 1.53 bits per heavy atom. The van der Waals surface area contributed by atoms with Gasteiger partial charge in [-0.15, -0.1) is 11.6 Å². The standard InChI is InChI=1S/C13H16ClFN2OS/c1-9(19(2)18)8-17-12-7-10(15)3-4-11(12)16-13(17)5-6-14/h3-4,7,9H,5-6,8H2,1-2H3. The van der Waals surface area contributed by atoms with Gasteiger partial charge < -0.3 is 4.57 Å². The summed E-state index contributed by atoms with van der Waals surface area (Å²) in [6, 6.07) is 4.52. The van der Waals surface area contributed by atoms with E-state index in [9.17, 15) is 8.60 Å². The molecule has 2 rings (SSSR count). The fourth-order valence-corrected chi connectivity index (χ4v) is 2.51. The highest BCUT2D eigenvalue weighted by atomic mass is 35.5. The van der Waals surface area contributed by atoms with Crippen LogP contribution in [0.4, 0.5) is 4.39 Å². The highest BCUT2D eigenvalue weighted by molar-refractivity contribution is 7.84. The smallest absolute Gasteiger partial charge is 0.125 e. The van der Waals surface area contributed by atoms with E-state index < -0.39 is 10.8 Å². The summed E-state index contributed by atoms with van der Waals surface area (Å²) >= 11 is 5.78. The van der Waals surface area contributed by atoms with Crippen LogP contribution in [0.2, 0.25) is 0 Å². The van der Waals surface area contributed by atoms with Gasteiger partial charge in [0.2, 0.25) is 0 Å². The molecule has 0 saturated heterocycles. The van der Waals surface area contributed by atoms with Crippen molar-refractivity contribution in [3.8, 4) is 0 Å². The van der Waals surface area contributed by atoms with Gasteiger partial charge in [-0.05, 0) is 25.1 Å². The first kappa shape index (κ1) is 14.5. The second-order valence-corrected chi connectivity index (χ2v) is 6.70. The lowest BCUT2D eigenvalue weighted by Crippen LogP contribution is -2.19. The molecule has 0 spiro atoms. The Labute approximate surface area is 119 Å². The van der Waals surface area contributed by atoms with Crippen molar-refractivity contribution < 1.29 is 8.60 Å². The second kappa shape index (κ2) is 6.01. The summed E-state index contributed by atoms with van der Waals surface area (Å²) in [6.45, 7) is 2.46. The fourth-order valence-electron chi connectivity index (χ4n) is 1.99. The van der Waals surface area contributed by atoms with E-state index in [1.54, 1.807) is 12.3 Å². The first-order chi connectivity index (χ1) is 9.02. The van der Waals surface area contributed by atoms with Gasteiger partial charge in [-0.2, -0.15) is 0 Å². The lowest BCUT2D eigenvalue weighted by molar-refractivity contribution is 0.622. The monoisotopic (exact) mass is 302 g/mol. The molecule has 2 atom stereocenters. The lowest BCUT2D eigenvalue weighted by Gasteiger charge is -2.13. The van der Waals surface area contributed by atoms with Gasteiger partial charge in [0, 0.05) is 41.2 Å². The molecule has 1 heterocycles. The first-order valence-corrected chi connectivity index (χ1v) is 8.21. The van der Waals surface area contributed by atoms with E-state index in [4.69, 9.17) is 11.6 Å². The van der Waals surface area contributed by atoms with Crippen LogP contribution in [-0.4, -0.2) is 31.1 Å². The molecule has 0 aliphatic carbocycles. The topological polar surface area (TPSA) is 34.9 Å². The van der Waals surface area contributed by atoms with Gasteiger partial charge in [-0.1, -0.05) is 0 Å². The van der Waals surface area contributed by atoms with Crippen molar-refractivity contribution in [1.82, 2.24) is 9.55 Å². The highest BCUT2D eigenvalue weighted by Gasteiger charge is 2.15. The number of hydrogen-bond acceptors (Lipinski definition) is 2. The average molecular weight is 303 g/mol. The van der Waals surface area contributed by atoms with Crippen molar-refractivity contribution in [2.75, 3.05) is 12.1 Å². The van der Waals surface area contributed by atoms with Crippen molar-refractivity contribution in [2.45, 2.75) is 25.1 Å². The largest absolute Gasteiger partial charge is 0.327 e. The summed E-state index contributed by atoms with van der Waals surface area (Å²) in [5, 5.41) is -0.0188. The van der Waals surface area contributed by atoms with Gasteiger partial charge >= 0.3 is 0 Å². The van der Waals surface area contributed by atoms with Crippen LogP contribution < -0.4 is 0 Å². The van der Waals surface area contributed by atoms with Crippen molar-refractivity contribution in [3.05, 3.63) is 29.8 Å². The van der Waals surface area contributed by atoms with E-state index in [2.05, 4.69) is 4.98 Å². The van der Waals surface area contributed by atoms with Gasteiger partial charge in [0.25, 0.3) is 0 Å². The van der Waals surface area contributed by atoms with E-state index in [1.807, 2.05) is 11.5 Å². The van der Waals surface area contributed by atoms with Crippen LogP contribution in [0.1, 0.15) is 12.7 Å². The number of hydrogen-bond donors (Lipinski definition) is 0. The minimum atomic E-state index is -0.931. The van der Waals surface area contributed by atoms with Crippen LogP contribution in [0, 0.1) is 5.82 Å². The van der Waals surface area contributed by atoms with Crippen LogP contribution in [0.25, 0.3) is 11.0 Å². The van der Waals surface area contributed by atoms with Gasteiger partial charge in [-0.3, -0.25) is 4.21 Å². The highest BCUT2D eigenvalue weighted by Crippen LogP contribution is 2.19. The number of fused-ring (bicyclic) bond motifs is 1. The molecule has 0 fully saturated rings. The molecule has 104 valence electrons. The molecule has 6 heteroatoms. The number of halogens is 2. The zero-order chi connectivity index (χ0) is 14.0. The van der Waals surface area contributed by atoms with Gasteiger partial charge in [0.15, 0.2) is 0 Å². The number of imidazole rings is 1. The van der Waals surface area contributed by atoms with E-state index in [1.165, 1.54) is 12.1 Å². The van der Waals surface area contributed by atoms with Gasteiger partial charge in [-0.25, -0.2) is 9.37 Å². The van der Waals surface area contributed by atoms with Crippen LogP contribution in [0.5, 0.6) is 0 Å². The predicted octanol–water partition coefficient (Wildman–Crippen LogP) is 2.72. The molecule has 0 bridgehead atoms. The normalized spacial score (nSPS) is 14.7. The van der Waals surface area contributed by atoms with E-state index >= 15 is 0 Å². The van der Waals surface area contributed by atoms with Crippen molar-refractivity contribution in [2.24, 2.45) is 0 Å². The van der Waals surface area contributed by atoms with E-state index in [0.29, 0.717) is 18.8 Å². The third-order valence-electron chi connectivity index (χ3n) is 3.11. The fraction of sp³-hybridized carbons (Fsp3) is 0.462. The Balaban J connectivity index is 2.50. The Bertz CT molecular complexity index is 614. The SMILES string of the molecule is CC(Cn1c(CCCl)nc2ccc(F)cc21)S(C)=O. The molecule has 1 aromatic carbocycles. The molecule has 0 radical (unpaired) electrons. The van der Waals surface area contributed by atoms with Crippen molar-refractivity contribution in [3.63, 3.8) is 0 Å². The number of alkyl halides is 1. The summed E-state index contributed by atoms with van der Waals surface area (Å²) < 4.78 is 26.8. The summed E-state index contributed by atoms with van der Waals surface area (Å²) in [5.41, 5.74) is 1.48. The quantitative estimate of drug-likeness (QED) is 0.796. The molecule has 2 aromatic rings. The maximum absolute atomic E-state index is 13.4. The predicted molar refractivity (Wildman–Crippen MR) is 77.6 cm³/mol. The molecular weight excluding hydrogens is 287 g/mol. The molecule has 0 N–H and O–H groups in total. The molecule has 0 aliphatic rings. The minimum absolute atomic E-state index is 0.0188. The number of rotatable bonds is 5. The molecule has 0 saturated carbocycles. The number of benzene rings is 1. The number of aromatic nitrogens is 2. The van der Waals surface area contributed by atoms with E-state index in [-0.39, 0.29) is 11.1 Å². The minimum Gasteiger partial charge on any atom is -0.327 e. The molecule has 19 heavy (non-hydrogen) atoms. The van der Waals surface area contributed by atoms with Crippen LogP contribution in [0.3, 0.4) is 0 Å². The third-order valence-corrected chi connectivity index (χ3v) is 4.59. The average Bonchev–Trinajstić information content (AvgIpc) is 2.68. The zero-order valence-corrected chi connectivity index (χ0v) is 12.5. The van der Waals surface area contributed by atoms with Crippen LogP contribution in [0.15, 0.2) is 18.2 Å². The lowest BCUT2D eigenvalue weighted by atomic mass is 10.3. The molecule has 3 nitrogen and oxygen atoms in total. The van der Waals surface area contributed by atoms with Gasteiger partial charge in [0.05, 0.1) is 11.0 Å². The molecule has 0 amide bonds. The summed E-state index contributed by atoms with van der Waals surface area (Å²) in [5.74, 6) is 0.972. The second-order valence-electron chi connectivity index (χ2n) is 4.52. The molecule has 0 aliphatic heterocycles. The number of nitrogens with zero attached hydrogens (tertiary/aromatic N) is 2. The van der Waals surface area contributed by atoms with E-state index in [0.717, 1.165) is 16.9 Å². The maximum Gasteiger partial charge on any atom is 0.125 e. The maximum atomic E-state index is 13.4. The third kappa shape index (κ3) is 3.15. The molecule has 1 aromatic heterocycles.